The summed E-state index contributed by atoms with van der Waals surface area (Å²) in [5.41, 5.74) is 0.0813. The Morgan fingerprint density at radius 2 is 1.81 bits per heavy atom. The molecule has 2 aliphatic carbocycles. The zero-order chi connectivity index (χ0) is 14.8. The third-order valence-corrected chi connectivity index (χ3v) is 4.35. The summed E-state index contributed by atoms with van der Waals surface area (Å²) in [6, 6.07) is 3.01. The molecule has 2 fully saturated rings. The predicted molar refractivity (Wildman–Crippen MR) is 82.5 cm³/mol. The first-order valence-corrected chi connectivity index (χ1v) is 7.81. The summed E-state index contributed by atoms with van der Waals surface area (Å²) in [4.78, 5) is 15.0. The van der Waals surface area contributed by atoms with Gasteiger partial charge in [-0.05, 0) is 50.4 Å². The van der Waals surface area contributed by atoms with Crippen molar-refractivity contribution in [2.75, 3.05) is 23.7 Å². The van der Waals surface area contributed by atoms with Gasteiger partial charge in [-0.2, -0.15) is 0 Å². The van der Waals surface area contributed by atoms with Gasteiger partial charge >= 0.3 is 0 Å². The Morgan fingerprint density at radius 1 is 1.24 bits per heavy atom. The fourth-order valence-electron chi connectivity index (χ4n) is 2.97. The summed E-state index contributed by atoms with van der Waals surface area (Å²) in [5, 5.41) is 17.4. The van der Waals surface area contributed by atoms with Crippen LogP contribution in [0.1, 0.15) is 32.6 Å². The third kappa shape index (κ3) is 3.62. The molecule has 0 aromatic carbocycles. The van der Waals surface area contributed by atoms with Gasteiger partial charge < -0.3 is 10.6 Å². The van der Waals surface area contributed by atoms with Gasteiger partial charge in [-0.15, -0.1) is 0 Å². The van der Waals surface area contributed by atoms with Gasteiger partial charge in [0, 0.05) is 13.1 Å². The monoisotopic (exact) mass is 290 g/mol. The van der Waals surface area contributed by atoms with E-state index in [1.54, 1.807) is 0 Å². The smallest absolute Gasteiger partial charge is 0.276 e. The molecular formula is C15H22N4O2. The number of hydrogen-bond acceptors (Lipinski definition) is 5. The van der Waals surface area contributed by atoms with E-state index in [1.165, 1.54) is 37.8 Å². The SMILES string of the molecule is CCNc1cc([N+](=O)[O-])cc(NCC(C2CC2)C2CC2)n1. The standard InChI is InChI=1S/C15H22N4O2/c1-2-16-14-7-12(19(20)21)8-15(18-14)17-9-13(10-3-4-10)11-5-6-11/h7-8,10-11,13H,2-6,9H2,1H3,(H2,16,17,18). The van der Waals surface area contributed by atoms with Gasteiger partial charge in [0.25, 0.3) is 5.69 Å². The zero-order valence-electron chi connectivity index (χ0n) is 12.3. The molecule has 0 aliphatic heterocycles. The van der Waals surface area contributed by atoms with Crippen molar-refractivity contribution in [3.8, 4) is 0 Å². The van der Waals surface area contributed by atoms with E-state index in [2.05, 4.69) is 15.6 Å². The van der Waals surface area contributed by atoms with Gasteiger partial charge in [0.2, 0.25) is 0 Å². The minimum absolute atomic E-state index is 0.0813. The highest BCUT2D eigenvalue weighted by Crippen LogP contribution is 2.49. The van der Waals surface area contributed by atoms with Gasteiger partial charge in [-0.1, -0.05) is 0 Å². The minimum atomic E-state index is -0.368. The van der Waals surface area contributed by atoms with E-state index in [0.717, 1.165) is 18.4 Å². The van der Waals surface area contributed by atoms with Crippen molar-refractivity contribution in [3.05, 3.63) is 22.2 Å². The van der Waals surface area contributed by atoms with Crippen molar-refractivity contribution in [1.82, 2.24) is 4.98 Å². The number of nitrogens with zero attached hydrogens (tertiary/aromatic N) is 2. The highest BCUT2D eigenvalue weighted by molar-refractivity contribution is 5.54. The normalized spacial score (nSPS) is 17.8. The van der Waals surface area contributed by atoms with Crippen LogP contribution in [0.4, 0.5) is 17.3 Å². The van der Waals surface area contributed by atoms with Gasteiger partial charge in [0.1, 0.15) is 11.6 Å². The molecule has 0 saturated heterocycles. The lowest BCUT2D eigenvalue weighted by Gasteiger charge is -2.17. The van der Waals surface area contributed by atoms with Crippen LogP contribution in [-0.4, -0.2) is 23.0 Å². The van der Waals surface area contributed by atoms with Crippen LogP contribution >= 0.6 is 0 Å². The Hall–Kier alpha value is -1.85. The highest BCUT2D eigenvalue weighted by atomic mass is 16.6. The van der Waals surface area contributed by atoms with Crippen LogP contribution in [-0.2, 0) is 0 Å². The number of nitrogens with one attached hydrogen (secondary N) is 2. The number of rotatable bonds is 8. The van der Waals surface area contributed by atoms with E-state index in [-0.39, 0.29) is 10.6 Å². The number of hydrogen-bond donors (Lipinski definition) is 2. The molecule has 6 nitrogen and oxygen atoms in total. The molecule has 0 radical (unpaired) electrons. The second kappa shape index (κ2) is 5.87. The molecule has 114 valence electrons. The van der Waals surface area contributed by atoms with E-state index in [1.807, 2.05) is 6.92 Å². The molecule has 0 spiro atoms. The van der Waals surface area contributed by atoms with Crippen LogP contribution in [0.3, 0.4) is 0 Å². The molecule has 0 atom stereocenters. The number of anilines is 2. The maximum absolute atomic E-state index is 11.0. The summed E-state index contributed by atoms with van der Waals surface area (Å²) in [7, 11) is 0. The molecule has 0 amide bonds. The maximum atomic E-state index is 11.0. The molecule has 2 saturated carbocycles. The molecule has 1 heterocycles. The summed E-state index contributed by atoms with van der Waals surface area (Å²) in [5.74, 6) is 3.59. The van der Waals surface area contributed by atoms with Crippen molar-refractivity contribution in [2.45, 2.75) is 32.6 Å². The molecule has 1 aromatic rings. The van der Waals surface area contributed by atoms with E-state index in [9.17, 15) is 10.1 Å². The molecule has 21 heavy (non-hydrogen) atoms. The first-order valence-electron chi connectivity index (χ1n) is 7.81. The van der Waals surface area contributed by atoms with Crippen LogP contribution in [0.25, 0.3) is 0 Å². The van der Waals surface area contributed by atoms with Crippen molar-refractivity contribution in [1.29, 1.82) is 0 Å². The van der Waals surface area contributed by atoms with E-state index >= 15 is 0 Å². The molecule has 6 heteroatoms. The lowest BCUT2D eigenvalue weighted by molar-refractivity contribution is -0.384. The average molecular weight is 290 g/mol. The van der Waals surface area contributed by atoms with Gasteiger partial charge in [-0.3, -0.25) is 10.1 Å². The molecule has 2 N–H and O–H groups in total. The van der Waals surface area contributed by atoms with Crippen molar-refractivity contribution in [3.63, 3.8) is 0 Å². The zero-order valence-corrected chi connectivity index (χ0v) is 12.3. The molecule has 0 bridgehead atoms. The number of pyridine rings is 1. The number of nitro groups is 1. The summed E-state index contributed by atoms with van der Waals surface area (Å²) < 4.78 is 0. The van der Waals surface area contributed by atoms with Crippen LogP contribution < -0.4 is 10.6 Å². The van der Waals surface area contributed by atoms with Crippen LogP contribution in [0, 0.1) is 27.9 Å². The molecule has 1 aromatic heterocycles. The molecule has 0 unspecified atom stereocenters. The lowest BCUT2D eigenvalue weighted by atomic mass is 9.98. The Labute approximate surface area is 124 Å². The van der Waals surface area contributed by atoms with Crippen molar-refractivity contribution < 1.29 is 4.92 Å². The van der Waals surface area contributed by atoms with Gasteiger partial charge in [0.15, 0.2) is 0 Å². The Morgan fingerprint density at radius 3 is 2.29 bits per heavy atom. The molecular weight excluding hydrogens is 268 g/mol. The summed E-state index contributed by atoms with van der Waals surface area (Å²) >= 11 is 0. The Kier molecular flexibility index (Phi) is 3.94. The van der Waals surface area contributed by atoms with Crippen LogP contribution in [0.2, 0.25) is 0 Å². The quantitative estimate of drug-likeness (QED) is 0.567. The van der Waals surface area contributed by atoms with Gasteiger partial charge in [0.05, 0.1) is 17.1 Å². The van der Waals surface area contributed by atoms with E-state index in [4.69, 9.17) is 0 Å². The third-order valence-electron chi connectivity index (χ3n) is 4.35. The lowest BCUT2D eigenvalue weighted by Crippen LogP contribution is -2.19. The van der Waals surface area contributed by atoms with E-state index < -0.39 is 0 Å². The second-order valence-corrected chi connectivity index (χ2v) is 6.10. The van der Waals surface area contributed by atoms with Crippen LogP contribution in [0.15, 0.2) is 12.1 Å². The average Bonchev–Trinajstić information content (AvgIpc) is 3.33. The Balaban J connectivity index is 1.69. The fourth-order valence-corrected chi connectivity index (χ4v) is 2.97. The number of aromatic nitrogens is 1. The molecule has 3 rings (SSSR count). The Bertz CT molecular complexity index is 514. The fraction of sp³-hybridized carbons (Fsp3) is 0.667. The van der Waals surface area contributed by atoms with Crippen LogP contribution in [0.5, 0.6) is 0 Å². The molecule has 2 aliphatic rings. The van der Waals surface area contributed by atoms with Gasteiger partial charge in [-0.25, -0.2) is 4.98 Å². The maximum Gasteiger partial charge on any atom is 0.276 e. The minimum Gasteiger partial charge on any atom is -0.370 e. The topological polar surface area (TPSA) is 80.1 Å². The summed E-state index contributed by atoms with van der Waals surface area (Å²) in [6.45, 7) is 3.53. The summed E-state index contributed by atoms with van der Waals surface area (Å²) in [6.07, 6.45) is 5.36. The largest absolute Gasteiger partial charge is 0.370 e. The highest BCUT2D eigenvalue weighted by Gasteiger charge is 2.41. The van der Waals surface area contributed by atoms with E-state index in [0.29, 0.717) is 24.1 Å². The van der Waals surface area contributed by atoms with Crippen molar-refractivity contribution in [2.24, 2.45) is 17.8 Å². The second-order valence-electron chi connectivity index (χ2n) is 6.10. The van der Waals surface area contributed by atoms with Crippen molar-refractivity contribution >= 4 is 17.3 Å². The first-order chi connectivity index (χ1) is 10.2. The predicted octanol–water partition coefficient (Wildman–Crippen LogP) is 3.27. The first kappa shape index (κ1) is 14.1.